The first-order valence-electron chi connectivity index (χ1n) is 11.5. The minimum Gasteiger partial charge on any atom is -0.378 e. The molecular weight excluding hydrogens is 461 g/mol. The van der Waals surface area contributed by atoms with Crippen molar-refractivity contribution in [2.24, 2.45) is 12.5 Å². The first-order chi connectivity index (χ1) is 17.4. The lowest BCUT2D eigenvalue weighted by molar-refractivity contribution is -0.163. The van der Waals surface area contributed by atoms with Crippen molar-refractivity contribution in [1.82, 2.24) is 30.0 Å². The van der Waals surface area contributed by atoms with E-state index in [2.05, 4.69) is 35.7 Å². The molecule has 36 heavy (non-hydrogen) atoms. The molecule has 0 fully saturated rings. The molecule has 0 saturated carbocycles. The molecule has 0 bridgehead atoms. The Bertz CT molecular complexity index is 1300. The average molecular weight is 490 g/mol. The highest BCUT2D eigenvalue weighted by molar-refractivity contribution is 5.95. The summed E-state index contributed by atoms with van der Waals surface area (Å²) in [4.78, 5) is 25.3. The van der Waals surface area contributed by atoms with Crippen molar-refractivity contribution >= 4 is 11.6 Å². The van der Waals surface area contributed by atoms with E-state index in [9.17, 15) is 9.32 Å². The van der Waals surface area contributed by atoms with E-state index >= 15 is 0 Å². The van der Waals surface area contributed by atoms with Gasteiger partial charge in [0.1, 0.15) is 12.0 Å². The molecule has 4 rings (SSSR count). The summed E-state index contributed by atoms with van der Waals surface area (Å²) in [6, 6.07) is 17.9. The number of hydrogen-bond acceptors (Lipinski definition) is 7. The van der Waals surface area contributed by atoms with Gasteiger partial charge in [-0.3, -0.25) is 4.79 Å². The lowest BCUT2D eigenvalue weighted by Crippen LogP contribution is -2.40. The van der Waals surface area contributed by atoms with Crippen molar-refractivity contribution in [3.63, 3.8) is 0 Å². The van der Waals surface area contributed by atoms with E-state index in [1.807, 2.05) is 61.9 Å². The Morgan fingerprint density at radius 2 is 1.92 bits per heavy atom. The van der Waals surface area contributed by atoms with Gasteiger partial charge in [-0.05, 0) is 34.4 Å². The number of rotatable bonds is 10. The van der Waals surface area contributed by atoms with Gasteiger partial charge in [-0.1, -0.05) is 50.2 Å². The molecule has 0 radical (unpaired) electrons. The summed E-state index contributed by atoms with van der Waals surface area (Å²) in [5.41, 5.74) is 2.08. The molecule has 0 aliphatic heterocycles. The van der Waals surface area contributed by atoms with E-state index in [0.29, 0.717) is 29.5 Å². The van der Waals surface area contributed by atoms with Gasteiger partial charge in [0, 0.05) is 29.9 Å². The van der Waals surface area contributed by atoms with E-state index in [-0.39, 0.29) is 12.5 Å². The van der Waals surface area contributed by atoms with Gasteiger partial charge in [0.15, 0.2) is 11.6 Å². The maximum atomic E-state index is 13.2. The minimum absolute atomic E-state index is 0.164. The number of anilines is 1. The van der Waals surface area contributed by atoms with Crippen LogP contribution in [0, 0.1) is 5.41 Å². The molecule has 10 heteroatoms. The Kier molecular flexibility index (Phi) is 7.65. The average Bonchev–Trinajstić information content (AvgIpc) is 3.27. The smallest absolute Gasteiger partial charge is 0.251 e. The Morgan fingerprint density at radius 3 is 2.64 bits per heavy atom. The van der Waals surface area contributed by atoms with Crippen LogP contribution in [0.15, 0.2) is 73.2 Å². The normalized spacial score (nSPS) is 12.2. The molecule has 0 saturated heterocycles. The highest BCUT2D eigenvalue weighted by Crippen LogP contribution is 2.34. The van der Waals surface area contributed by atoms with Crippen molar-refractivity contribution in [3.8, 4) is 11.5 Å². The fourth-order valence-corrected chi connectivity index (χ4v) is 3.93. The SMILES string of the molecule is Cn1c(CNc2cccc(C(=O)NC(c3ccccc3)C(C)(C)COF)c2)nnc1-c1ccncn1. The molecule has 2 heterocycles. The van der Waals surface area contributed by atoms with Crippen molar-refractivity contribution in [2.45, 2.75) is 26.4 Å². The Balaban J connectivity index is 1.47. The summed E-state index contributed by atoms with van der Waals surface area (Å²) in [6.45, 7) is 3.93. The Hall–Kier alpha value is -4.18. The molecule has 1 unspecified atom stereocenters. The lowest BCUT2D eigenvalue weighted by Gasteiger charge is -2.34. The zero-order chi connectivity index (χ0) is 25.5. The molecule has 1 atom stereocenters. The maximum Gasteiger partial charge on any atom is 0.251 e. The number of carbonyl (C=O) groups excluding carboxylic acids is 1. The van der Waals surface area contributed by atoms with E-state index in [1.165, 1.54) is 6.33 Å². The van der Waals surface area contributed by atoms with Gasteiger partial charge in [0.25, 0.3) is 5.91 Å². The van der Waals surface area contributed by atoms with Crippen LogP contribution in [-0.2, 0) is 18.5 Å². The summed E-state index contributed by atoms with van der Waals surface area (Å²) in [6.07, 6.45) is 3.12. The molecule has 4 aromatic rings. The molecule has 0 aliphatic carbocycles. The number of carbonyl (C=O) groups is 1. The highest BCUT2D eigenvalue weighted by atomic mass is 19.3. The van der Waals surface area contributed by atoms with E-state index in [4.69, 9.17) is 0 Å². The Morgan fingerprint density at radius 1 is 1.11 bits per heavy atom. The van der Waals surface area contributed by atoms with Crippen LogP contribution in [0.5, 0.6) is 0 Å². The minimum atomic E-state index is -0.686. The zero-order valence-corrected chi connectivity index (χ0v) is 20.4. The predicted molar refractivity (Wildman–Crippen MR) is 133 cm³/mol. The summed E-state index contributed by atoms with van der Waals surface area (Å²) >= 11 is 0. The molecule has 2 N–H and O–H groups in total. The number of hydrogen-bond donors (Lipinski definition) is 2. The van der Waals surface area contributed by atoms with E-state index in [1.54, 1.807) is 30.5 Å². The van der Waals surface area contributed by atoms with Gasteiger partial charge in [0.2, 0.25) is 0 Å². The third-order valence-corrected chi connectivity index (χ3v) is 5.97. The van der Waals surface area contributed by atoms with Crippen molar-refractivity contribution in [2.75, 3.05) is 11.9 Å². The zero-order valence-electron chi connectivity index (χ0n) is 20.4. The van der Waals surface area contributed by atoms with Gasteiger partial charge >= 0.3 is 0 Å². The van der Waals surface area contributed by atoms with Crippen LogP contribution in [0.3, 0.4) is 0 Å². The third kappa shape index (κ3) is 5.72. The molecule has 186 valence electrons. The van der Waals surface area contributed by atoms with Crippen molar-refractivity contribution in [3.05, 3.63) is 90.1 Å². The van der Waals surface area contributed by atoms with Crippen LogP contribution in [0.25, 0.3) is 11.5 Å². The maximum absolute atomic E-state index is 13.2. The van der Waals surface area contributed by atoms with Crippen molar-refractivity contribution < 1.29 is 14.3 Å². The van der Waals surface area contributed by atoms with Gasteiger partial charge in [-0.25, -0.2) is 9.97 Å². The van der Waals surface area contributed by atoms with Crippen LogP contribution in [0.4, 0.5) is 10.2 Å². The Labute approximate surface area is 208 Å². The standard InChI is InChI=1S/C26H28FN7O2/c1-26(2,16-36-27)23(18-8-5-4-6-9-18)31-25(35)19-10-7-11-20(14-19)29-15-22-32-33-24(34(22)3)21-12-13-28-17-30-21/h4-14,17,23,29H,15-16H2,1-3H3,(H,31,35). The van der Waals surface area contributed by atoms with Gasteiger partial charge in [-0.15, -0.1) is 10.2 Å². The number of nitrogens with zero attached hydrogens (tertiary/aromatic N) is 5. The quantitative estimate of drug-likeness (QED) is 0.342. The fourth-order valence-electron chi connectivity index (χ4n) is 3.93. The van der Waals surface area contributed by atoms with Crippen LogP contribution in [0.1, 0.15) is 41.6 Å². The first-order valence-corrected chi connectivity index (χ1v) is 11.5. The molecule has 2 aromatic heterocycles. The topological polar surface area (TPSA) is 107 Å². The number of aromatic nitrogens is 5. The summed E-state index contributed by atoms with van der Waals surface area (Å²) in [5.74, 6) is 1.06. The monoisotopic (exact) mass is 489 g/mol. The van der Waals surface area contributed by atoms with Crippen molar-refractivity contribution in [1.29, 1.82) is 0 Å². The number of nitrogens with one attached hydrogen (secondary N) is 2. The molecule has 9 nitrogen and oxygen atoms in total. The predicted octanol–water partition coefficient (Wildman–Crippen LogP) is 4.28. The second-order valence-corrected chi connectivity index (χ2v) is 9.09. The lowest BCUT2D eigenvalue weighted by atomic mass is 9.81. The fraction of sp³-hybridized carbons (Fsp3) is 0.269. The second kappa shape index (κ2) is 11.0. The van der Waals surface area contributed by atoms with E-state index in [0.717, 1.165) is 11.3 Å². The van der Waals surface area contributed by atoms with Crippen LogP contribution in [0.2, 0.25) is 0 Å². The molecular formula is C26H28FN7O2. The third-order valence-electron chi connectivity index (χ3n) is 5.97. The number of amides is 1. The summed E-state index contributed by atoms with van der Waals surface area (Å²) < 4.78 is 14.6. The largest absolute Gasteiger partial charge is 0.378 e. The summed E-state index contributed by atoms with van der Waals surface area (Å²) in [5, 5.41) is 14.8. The van der Waals surface area contributed by atoms with Gasteiger partial charge in [-0.2, -0.15) is 4.94 Å². The first kappa shape index (κ1) is 24.9. The molecule has 1 amide bonds. The molecule has 0 spiro atoms. The summed E-state index contributed by atoms with van der Waals surface area (Å²) in [7, 11) is 1.87. The van der Waals surface area contributed by atoms with Crippen LogP contribution >= 0.6 is 0 Å². The second-order valence-electron chi connectivity index (χ2n) is 9.09. The van der Waals surface area contributed by atoms with Gasteiger partial charge in [0.05, 0.1) is 19.2 Å². The van der Waals surface area contributed by atoms with E-state index < -0.39 is 11.5 Å². The highest BCUT2D eigenvalue weighted by Gasteiger charge is 2.33. The molecule has 0 aliphatic rings. The van der Waals surface area contributed by atoms with Gasteiger partial charge < -0.3 is 15.2 Å². The number of benzene rings is 2. The number of halogens is 1. The molecule has 2 aromatic carbocycles. The van der Waals surface area contributed by atoms with Crippen LogP contribution < -0.4 is 10.6 Å². The van der Waals surface area contributed by atoms with Crippen LogP contribution in [-0.4, -0.2) is 37.2 Å².